The monoisotopic (exact) mass is 429 g/mol. The summed E-state index contributed by atoms with van der Waals surface area (Å²) in [5, 5.41) is 22.9. The van der Waals surface area contributed by atoms with Crippen molar-refractivity contribution in [3.8, 4) is 0 Å². The molecule has 0 spiro atoms. The summed E-state index contributed by atoms with van der Waals surface area (Å²) in [7, 11) is 0. The van der Waals surface area contributed by atoms with Crippen molar-refractivity contribution in [3.05, 3.63) is 53.0 Å². The van der Waals surface area contributed by atoms with E-state index < -0.39 is 5.60 Å². The normalized spacial score (nSPS) is 13.6. The Labute approximate surface area is 184 Å². The number of rotatable bonds is 8. The van der Waals surface area contributed by atoms with Gasteiger partial charge in [0.2, 0.25) is 0 Å². The third-order valence-corrected chi connectivity index (χ3v) is 4.62. The molecule has 0 aliphatic heterocycles. The predicted molar refractivity (Wildman–Crippen MR) is 124 cm³/mol. The topological polar surface area (TPSA) is 111 Å². The van der Waals surface area contributed by atoms with E-state index in [0.29, 0.717) is 24.8 Å². The van der Waals surface area contributed by atoms with Gasteiger partial charge in [0.15, 0.2) is 5.96 Å². The second-order valence-electron chi connectivity index (χ2n) is 8.10. The van der Waals surface area contributed by atoms with Crippen LogP contribution in [0.1, 0.15) is 50.3 Å². The van der Waals surface area contributed by atoms with E-state index in [4.69, 9.17) is 4.42 Å². The Hall–Kier alpha value is -3.00. The van der Waals surface area contributed by atoms with Crippen molar-refractivity contribution in [2.24, 2.45) is 4.99 Å². The number of guanidine groups is 1. The zero-order valence-electron chi connectivity index (χ0n) is 19.3. The summed E-state index contributed by atoms with van der Waals surface area (Å²) in [5.41, 5.74) is 1.39. The third-order valence-electron chi connectivity index (χ3n) is 4.62. The second-order valence-corrected chi connectivity index (χ2v) is 8.10. The Morgan fingerprint density at radius 1 is 1.19 bits per heavy atom. The molecule has 170 valence electrons. The highest BCUT2D eigenvalue weighted by Crippen LogP contribution is 2.26. The van der Waals surface area contributed by atoms with Crippen LogP contribution < -0.4 is 21.3 Å². The maximum atomic E-state index is 11.8. The fraction of sp³-hybridized carbons (Fsp3) is 0.478. The van der Waals surface area contributed by atoms with Crippen molar-refractivity contribution in [2.75, 3.05) is 18.4 Å². The molecule has 0 aliphatic rings. The second kappa shape index (κ2) is 10.9. The summed E-state index contributed by atoms with van der Waals surface area (Å²) in [6.07, 6.45) is 0. The number of amides is 2. The minimum atomic E-state index is -1.10. The zero-order chi connectivity index (χ0) is 23.0. The number of benzene rings is 1. The number of nitrogens with one attached hydrogen (secondary N) is 4. The largest absolute Gasteiger partial charge is 0.466 e. The van der Waals surface area contributed by atoms with Crippen LogP contribution in [0.15, 0.2) is 39.7 Å². The number of aliphatic hydroxyl groups is 1. The van der Waals surface area contributed by atoms with Crippen molar-refractivity contribution in [1.29, 1.82) is 0 Å². The first-order valence-corrected chi connectivity index (χ1v) is 10.6. The molecule has 8 heteroatoms. The van der Waals surface area contributed by atoms with E-state index in [9.17, 15) is 9.90 Å². The van der Waals surface area contributed by atoms with Crippen LogP contribution in [0.2, 0.25) is 0 Å². The minimum absolute atomic E-state index is 0.0767. The van der Waals surface area contributed by atoms with Crippen LogP contribution in [0.25, 0.3) is 0 Å². The molecule has 31 heavy (non-hydrogen) atoms. The number of carbonyl (C=O) groups is 1. The first-order valence-electron chi connectivity index (χ1n) is 10.6. The first kappa shape index (κ1) is 24.3. The van der Waals surface area contributed by atoms with Gasteiger partial charge in [0.1, 0.15) is 17.1 Å². The van der Waals surface area contributed by atoms with Gasteiger partial charge in [-0.05, 0) is 65.3 Å². The Balaban J connectivity index is 1.97. The van der Waals surface area contributed by atoms with Gasteiger partial charge < -0.3 is 30.8 Å². The van der Waals surface area contributed by atoms with Crippen LogP contribution in [0.5, 0.6) is 0 Å². The number of aliphatic imine (C=N–C) groups is 1. The number of urea groups is 1. The molecule has 2 rings (SSSR count). The van der Waals surface area contributed by atoms with Crippen LogP contribution in [0.3, 0.4) is 0 Å². The van der Waals surface area contributed by atoms with Crippen molar-refractivity contribution in [2.45, 2.75) is 59.7 Å². The zero-order valence-corrected chi connectivity index (χ0v) is 19.3. The summed E-state index contributed by atoms with van der Waals surface area (Å²) < 4.78 is 5.55. The van der Waals surface area contributed by atoms with E-state index in [2.05, 4.69) is 26.3 Å². The van der Waals surface area contributed by atoms with Crippen LogP contribution in [0.4, 0.5) is 10.5 Å². The summed E-state index contributed by atoms with van der Waals surface area (Å²) in [6, 6.07) is 9.25. The molecule has 0 bridgehead atoms. The molecule has 8 nitrogen and oxygen atoms in total. The van der Waals surface area contributed by atoms with Crippen molar-refractivity contribution in [3.63, 3.8) is 0 Å². The summed E-state index contributed by atoms with van der Waals surface area (Å²) >= 11 is 0. The molecule has 0 fully saturated rings. The van der Waals surface area contributed by atoms with Gasteiger partial charge in [-0.15, -0.1) is 0 Å². The number of hydrogen-bond acceptors (Lipinski definition) is 4. The summed E-state index contributed by atoms with van der Waals surface area (Å²) in [4.78, 5) is 16.4. The number of furan rings is 1. The van der Waals surface area contributed by atoms with Crippen molar-refractivity contribution < 1.29 is 14.3 Å². The van der Waals surface area contributed by atoms with E-state index in [1.165, 1.54) is 0 Å². The average Bonchev–Trinajstić information content (AvgIpc) is 3.03. The van der Waals surface area contributed by atoms with Gasteiger partial charge in [-0.3, -0.25) is 0 Å². The minimum Gasteiger partial charge on any atom is -0.466 e. The molecule has 2 amide bonds. The first-order chi connectivity index (χ1) is 14.6. The van der Waals surface area contributed by atoms with Crippen LogP contribution in [0, 0.1) is 13.8 Å². The molecule has 2 aromatic rings. The molecule has 0 saturated heterocycles. The SMILES string of the molecule is CCNC(=NCc1ccc(NC(=O)NC(C)C)cc1)NCC(C)(O)c1cc(C)oc1C. The smallest absolute Gasteiger partial charge is 0.319 e. The van der Waals surface area contributed by atoms with Gasteiger partial charge in [0.05, 0.1) is 13.1 Å². The quantitative estimate of drug-likeness (QED) is 0.326. The van der Waals surface area contributed by atoms with E-state index >= 15 is 0 Å². The predicted octanol–water partition coefficient (Wildman–Crippen LogP) is 3.39. The van der Waals surface area contributed by atoms with Crippen molar-refractivity contribution >= 4 is 17.7 Å². The van der Waals surface area contributed by atoms with Crippen molar-refractivity contribution in [1.82, 2.24) is 16.0 Å². The standard InChI is InChI=1S/C23H35N5O3/c1-7-24-21(26-14-23(6,30)20-12-16(4)31-17(20)5)25-13-18-8-10-19(11-9-18)28-22(29)27-15(2)3/h8-12,15,30H,7,13-14H2,1-6H3,(H2,24,25,26)(H2,27,28,29). The van der Waals surface area contributed by atoms with Gasteiger partial charge in [-0.1, -0.05) is 12.1 Å². The lowest BCUT2D eigenvalue weighted by molar-refractivity contribution is 0.0601. The lowest BCUT2D eigenvalue weighted by Crippen LogP contribution is -2.44. The maximum Gasteiger partial charge on any atom is 0.319 e. The highest BCUT2D eigenvalue weighted by Gasteiger charge is 2.27. The molecule has 0 aliphatic carbocycles. The Kier molecular flexibility index (Phi) is 8.50. The average molecular weight is 430 g/mol. The van der Waals surface area contributed by atoms with Crippen LogP contribution in [-0.4, -0.2) is 36.2 Å². The number of hydrogen-bond donors (Lipinski definition) is 5. The molecule has 1 aromatic carbocycles. The molecule has 0 saturated carbocycles. The highest BCUT2D eigenvalue weighted by atomic mass is 16.3. The number of carbonyl (C=O) groups excluding carboxylic acids is 1. The van der Waals surface area contributed by atoms with Crippen LogP contribution >= 0.6 is 0 Å². The fourth-order valence-corrected chi connectivity index (χ4v) is 3.15. The Morgan fingerprint density at radius 2 is 1.87 bits per heavy atom. The molecular formula is C23H35N5O3. The third kappa shape index (κ3) is 7.64. The lowest BCUT2D eigenvalue weighted by atomic mass is 9.96. The summed E-state index contributed by atoms with van der Waals surface area (Å²) in [6.45, 7) is 12.7. The number of aryl methyl sites for hydroxylation is 2. The molecule has 5 N–H and O–H groups in total. The molecule has 1 aromatic heterocycles. The van der Waals surface area contributed by atoms with E-state index in [-0.39, 0.29) is 18.6 Å². The van der Waals surface area contributed by atoms with E-state index in [1.807, 2.05) is 65.0 Å². The highest BCUT2D eigenvalue weighted by molar-refractivity contribution is 5.89. The van der Waals surface area contributed by atoms with Gasteiger partial charge in [0.25, 0.3) is 0 Å². The molecule has 1 heterocycles. The molecule has 1 atom stereocenters. The lowest BCUT2D eigenvalue weighted by Gasteiger charge is -2.24. The number of nitrogens with zero attached hydrogens (tertiary/aromatic N) is 1. The maximum absolute atomic E-state index is 11.8. The fourth-order valence-electron chi connectivity index (χ4n) is 3.15. The molecule has 0 radical (unpaired) electrons. The molecular weight excluding hydrogens is 394 g/mol. The Bertz CT molecular complexity index is 885. The van der Waals surface area contributed by atoms with Gasteiger partial charge in [0, 0.05) is 23.8 Å². The van der Waals surface area contributed by atoms with Gasteiger partial charge in [-0.2, -0.15) is 0 Å². The van der Waals surface area contributed by atoms with E-state index in [1.54, 1.807) is 6.92 Å². The number of anilines is 1. The van der Waals surface area contributed by atoms with Gasteiger partial charge in [-0.25, -0.2) is 9.79 Å². The van der Waals surface area contributed by atoms with Gasteiger partial charge >= 0.3 is 6.03 Å². The Morgan fingerprint density at radius 3 is 2.42 bits per heavy atom. The summed E-state index contributed by atoms with van der Waals surface area (Å²) in [5.74, 6) is 2.09. The van der Waals surface area contributed by atoms with E-state index in [0.717, 1.165) is 22.6 Å². The molecule has 1 unspecified atom stereocenters. The van der Waals surface area contributed by atoms with Crippen LogP contribution in [-0.2, 0) is 12.1 Å².